The minimum Gasteiger partial charge on any atom is -0.456 e. The number of hydrogen-bond donors (Lipinski definition) is 2. The monoisotopic (exact) mass is 286 g/mol. The average Bonchev–Trinajstić information content (AvgIpc) is 2.53. The molecule has 2 aromatic rings. The third-order valence-corrected chi connectivity index (χ3v) is 2.85. The van der Waals surface area contributed by atoms with Crippen molar-refractivity contribution in [3.8, 4) is 0 Å². The normalized spacial score (nSPS) is 11.0. The molecule has 2 N–H and O–H groups in total. The SMILES string of the molecule is O=C(OCc1ccccc1)C(O)(O)C(=O)c1ccccc1. The zero-order chi connectivity index (χ0) is 15.3. The molecule has 0 saturated heterocycles. The Balaban J connectivity index is 2.05. The Morgan fingerprint density at radius 2 is 1.43 bits per heavy atom. The van der Waals surface area contributed by atoms with Crippen LogP contribution < -0.4 is 0 Å². The predicted octanol–water partition coefficient (Wildman–Crippen LogP) is 1.29. The van der Waals surface area contributed by atoms with E-state index in [-0.39, 0.29) is 12.2 Å². The second-order valence-electron chi connectivity index (χ2n) is 4.43. The summed E-state index contributed by atoms with van der Waals surface area (Å²) in [5, 5.41) is 19.4. The van der Waals surface area contributed by atoms with E-state index in [9.17, 15) is 19.8 Å². The first kappa shape index (κ1) is 14.9. The van der Waals surface area contributed by atoms with Crippen LogP contribution in [0.1, 0.15) is 15.9 Å². The van der Waals surface area contributed by atoms with Crippen molar-refractivity contribution in [1.29, 1.82) is 0 Å². The summed E-state index contributed by atoms with van der Waals surface area (Å²) >= 11 is 0. The Morgan fingerprint density at radius 1 is 0.905 bits per heavy atom. The Labute approximate surface area is 121 Å². The molecule has 0 aliphatic carbocycles. The molecule has 5 nitrogen and oxygen atoms in total. The van der Waals surface area contributed by atoms with E-state index < -0.39 is 17.5 Å². The molecule has 2 rings (SSSR count). The van der Waals surface area contributed by atoms with Gasteiger partial charge in [-0.3, -0.25) is 4.79 Å². The van der Waals surface area contributed by atoms with Gasteiger partial charge in [0, 0.05) is 5.56 Å². The van der Waals surface area contributed by atoms with Crippen molar-refractivity contribution in [2.24, 2.45) is 0 Å². The van der Waals surface area contributed by atoms with Crippen LogP contribution in [0.5, 0.6) is 0 Å². The molecule has 0 spiro atoms. The minimum absolute atomic E-state index is 0.0131. The summed E-state index contributed by atoms with van der Waals surface area (Å²) in [6, 6.07) is 16.3. The predicted molar refractivity (Wildman–Crippen MR) is 74.2 cm³/mol. The molecule has 0 fully saturated rings. The molecular formula is C16H14O5. The molecule has 0 saturated carbocycles. The maximum absolute atomic E-state index is 11.9. The van der Waals surface area contributed by atoms with Gasteiger partial charge in [-0.1, -0.05) is 60.7 Å². The highest BCUT2D eigenvalue weighted by Crippen LogP contribution is 2.14. The minimum atomic E-state index is -3.20. The van der Waals surface area contributed by atoms with Gasteiger partial charge in [-0.05, 0) is 5.56 Å². The van der Waals surface area contributed by atoms with Gasteiger partial charge in [0.25, 0.3) is 0 Å². The van der Waals surface area contributed by atoms with E-state index in [1.54, 1.807) is 48.5 Å². The maximum atomic E-state index is 11.9. The maximum Gasteiger partial charge on any atom is 0.375 e. The number of benzene rings is 2. The number of hydrogen-bond acceptors (Lipinski definition) is 5. The highest BCUT2D eigenvalue weighted by molar-refractivity contribution is 6.13. The molecule has 0 heterocycles. The summed E-state index contributed by atoms with van der Waals surface area (Å²) in [6.07, 6.45) is 0. The number of aliphatic hydroxyl groups is 2. The largest absolute Gasteiger partial charge is 0.456 e. The van der Waals surface area contributed by atoms with Gasteiger partial charge in [-0.2, -0.15) is 0 Å². The van der Waals surface area contributed by atoms with E-state index in [0.717, 1.165) is 0 Å². The highest BCUT2D eigenvalue weighted by Gasteiger charge is 2.44. The fourth-order valence-corrected chi connectivity index (χ4v) is 1.71. The molecule has 108 valence electrons. The summed E-state index contributed by atoms with van der Waals surface area (Å²) in [4.78, 5) is 23.6. The zero-order valence-corrected chi connectivity index (χ0v) is 11.1. The second kappa shape index (κ2) is 6.30. The van der Waals surface area contributed by atoms with E-state index in [1.807, 2.05) is 0 Å². The summed E-state index contributed by atoms with van der Waals surface area (Å²) in [5.74, 6) is -5.72. The Bertz CT molecular complexity index is 620. The van der Waals surface area contributed by atoms with Crippen molar-refractivity contribution in [2.45, 2.75) is 12.4 Å². The van der Waals surface area contributed by atoms with Gasteiger partial charge in [-0.25, -0.2) is 4.79 Å². The topological polar surface area (TPSA) is 83.8 Å². The van der Waals surface area contributed by atoms with Crippen LogP contribution in [0.3, 0.4) is 0 Å². The molecule has 21 heavy (non-hydrogen) atoms. The molecule has 0 aliphatic rings. The van der Waals surface area contributed by atoms with E-state index in [1.165, 1.54) is 12.1 Å². The van der Waals surface area contributed by atoms with E-state index in [0.29, 0.717) is 5.56 Å². The number of carbonyl (C=O) groups is 2. The van der Waals surface area contributed by atoms with Gasteiger partial charge in [0.1, 0.15) is 6.61 Å². The van der Waals surface area contributed by atoms with Crippen LogP contribution in [0.15, 0.2) is 60.7 Å². The highest BCUT2D eigenvalue weighted by atomic mass is 16.6. The second-order valence-corrected chi connectivity index (χ2v) is 4.43. The van der Waals surface area contributed by atoms with Gasteiger partial charge >= 0.3 is 11.8 Å². The molecule has 2 aromatic carbocycles. The van der Waals surface area contributed by atoms with Crippen molar-refractivity contribution in [1.82, 2.24) is 0 Å². The third kappa shape index (κ3) is 3.53. The average molecular weight is 286 g/mol. The van der Waals surface area contributed by atoms with E-state index in [2.05, 4.69) is 0 Å². The van der Waals surface area contributed by atoms with Gasteiger partial charge in [0.05, 0.1) is 0 Å². The molecule has 0 radical (unpaired) electrons. The number of ether oxygens (including phenoxy) is 1. The van der Waals surface area contributed by atoms with Crippen LogP contribution in [-0.2, 0) is 16.1 Å². The van der Waals surface area contributed by atoms with Crippen LogP contribution in [0.4, 0.5) is 0 Å². The fraction of sp³-hybridized carbons (Fsp3) is 0.125. The first-order chi connectivity index (χ1) is 10.0. The lowest BCUT2D eigenvalue weighted by molar-refractivity contribution is -0.193. The molecule has 0 unspecified atom stereocenters. The first-order valence-electron chi connectivity index (χ1n) is 6.27. The molecular weight excluding hydrogens is 272 g/mol. The van der Waals surface area contributed by atoms with Crippen molar-refractivity contribution < 1.29 is 24.5 Å². The number of rotatable bonds is 5. The van der Waals surface area contributed by atoms with Gasteiger partial charge in [-0.15, -0.1) is 0 Å². The first-order valence-corrected chi connectivity index (χ1v) is 6.27. The summed E-state index contributed by atoms with van der Waals surface area (Å²) in [6.45, 7) is -0.148. The van der Waals surface area contributed by atoms with E-state index in [4.69, 9.17) is 4.74 Å². The Morgan fingerprint density at radius 3 is 2.00 bits per heavy atom. The number of ketones is 1. The van der Waals surface area contributed by atoms with Crippen LogP contribution in [0, 0.1) is 0 Å². The van der Waals surface area contributed by atoms with Crippen LogP contribution >= 0.6 is 0 Å². The standard InChI is InChI=1S/C16H14O5/c17-14(13-9-5-2-6-10-13)16(19,20)15(18)21-11-12-7-3-1-4-8-12/h1-10,19-20H,11H2. The summed E-state index contributed by atoms with van der Waals surface area (Å²) in [7, 11) is 0. The lowest BCUT2D eigenvalue weighted by atomic mass is 10.0. The van der Waals surface area contributed by atoms with Gasteiger partial charge in [0.2, 0.25) is 5.78 Å². The molecule has 5 heteroatoms. The van der Waals surface area contributed by atoms with Crippen molar-refractivity contribution in [2.75, 3.05) is 0 Å². The molecule has 0 atom stereocenters. The van der Waals surface area contributed by atoms with Crippen LogP contribution in [0.25, 0.3) is 0 Å². The lowest BCUT2D eigenvalue weighted by Crippen LogP contribution is -2.47. The van der Waals surface area contributed by atoms with Crippen LogP contribution in [-0.4, -0.2) is 27.8 Å². The Kier molecular flexibility index (Phi) is 4.47. The van der Waals surface area contributed by atoms with Crippen molar-refractivity contribution >= 4 is 11.8 Å². The molecule has 0 bridgehead atoms. The van der Waals surface area contributed by atoms with Crippen molar-refractivity contribution in [3.63, 3.8) is 0 Å². The van der Waals surface area contributed by atoms with Gasteiger partial charge in [0.15, 0.2) is 0 Å². The van der Waals surface area contributed by atoms with Gasteiger partial charge < -0.3 is 14.9 Å². The smallest absolute Gasteiger partial charge is 0.375 e. The lowest BCUT2D eigenvalue weighted by Gasteiger charge is -2.18. The van der Waals surface area contributed by atoms with Crippen LogP contribution in [0.2, 0.25) is 0 Å². The quantitative estimate of drug-likeness (QED) is 0.374. The summed E-state index contributed by atoms with van der Waals surface area (Å²) < 4.78 is 4.78. The van der Waals surface area contributed by atoms with E-state index >= 15 is 0 Å². The fourth-order valence-electron chi connectivity index (χ4n) is 1.71. The number of Topliss-reactive ketones (excluding diaryl/α,β-unsaturated/α-hetero) is 1. The summed E-state index contributed by atoms with van der Waals surface area (Å²) in [5.41, 5.74) is 0.688. The number of esters is 1. The molecule has 0 amide bonds. The Hall–Kier alpha value is -2.50. The molecule has 0 aliphatic heterocycles. The number of carbonyl (C=O) groups excluding carboxylic acids is 2. The van der Waals surface area contributed by atoms with Crippen molar-refractivity contribution in [3.05, 3.63) is 71.8 Å². The molecule has 0 aromatic heterocycles. The third-order valence-electron chi connectivity index (χ3n) is 2.85. The zero-order valence-electron chi connectivity index (χ0n) is 11.1.